The second-order valence-corrected chi connectivity index (χ2v) is 9.52. The number of anilines is 2. The molecular weight excluding hydrogens is 436 g/mol. The van der Waals surface area contributed by atoms with E-state index in [2.05, 4.69) is 10.6 Å². The van der Waals surface area contributed by atoms with Crippen molar-refractivity contribution in [3.05, 3.63) is 48.0 Å². The summed E-state index contributed by atoms with van der Waals surface area (Å²) in [6, 6.07) is 8.52. The highest BCUT2D eigenvalue weighted by Gasteiger charge is 2.22. The fourth-order valence-electron chi connectivity index (χ4n) is 3.95. The molecule has 0 atom stereocenters. The van der Waals surface area contributed by atoms with Crippen LogP contribution in [-0.4, -0.2) is 46.1 Å². The predicted octanol–water partition coefficient (Wildman–Crippen LogP) is 5.00. The smallest absolute Gasteiger partial charge is 0.412 e. The molecule has 3 aromatic rings. The Kier molecular flexibility index (Phi) is 6.37. The largest absolute Gasteiger partial charge is 0.451 e. The van der Waals surface area contributed by atoms with Gasteiger partial charge in [-0.15, -0.1) is 0 Å². The van der Waals surface area contributed by atoms with Gasteiger partial charge in [0.25, 0.3) is 11.8 Å². The highest BCUT2D eigenvalue weighted by molar-refractivity contribution is 6.05. The highest BCUT2D eigenvalue weighted by atomic mass is 16.6. The number of fused-ring (bicyclic) bond motifs is 1. The standard InChI is InChI=1S/C25H30N4O5/c1-25(2,3)34-24(32)27-18-14-19(28(4)15-18)22(30)26-17-8-9-20-16(12-17)13-21(33-20)23(31)29-10-6-5-7-11-29/h8-9,12-15H,5-7,10-11H2,1-4H3,(H,26,30)(H,27,32). The van der Waals surface area contributed by atoms with Crippen LogP contribution in [0.1, 0.15) is 61.1 Å². The van der Waals surface area contributed by atoms with E-state index in [1.165, 1.54) is 0 Å². The number of carbonyl (C=O) groups excluding carboxylic acids is 3. The van der Waals surface area contributed by atoms with Crippen LogP contribution in [0.5, 0.6) is 0 Å². The molecule has 0 spiro atoms. The molecule has 9 heteroatoms. The third-order valence-electron chi connectivity index (χ3n) is 5.51. The Bertz CT molecular complexity index is 1230. The van der Waals surface area contributed by atoms with Crippen molar-refractivity contribution in [2.45, 2.75) is 45.6 Å². The molecule has 180 valence electrons. The summed E-state index contributed by atoms with van der Waals surface area (Å²) >= 11 is 0. The molecular formula is C25H30N4O5. The monoisotopic (exact) mass is 466 g/mol. The Morgan fingerprint density at radius 3 is 2.41 bits per heavy atom. The molecule has 0 unspecified atom stereocenters. The van der Waals surface area contributed by atoms with Gasteiger partial charge in [0.15, 0.2) is 5.76 Å². The predicted molar refractivity (Wildman–Crippen MR) is 129 cm³/mol. The summed E-state index contributed by atoms with van der Waals surface area (Å²) < 4.78 is 12.6. The number of aryl methyl sites for hydroxylation is 1. The zero-order valence-corrected chi connectivity index (χ0v) is 19.9. The number of furan rings is 1. The van der Waals surface area contributed by atoms with Crippen LogP contribution >= 0.6 is 0 Å². The summed E-state index contributed by atoms with van der Waals surface area (Å²) in [5.74, 6) is -0.136. The number of aromatic nitrogens is 1. The quantitative estimate of drug-likeness (QED) is 0.563. The first kappa shape index (κ1) is 23.4. The number of hydrogen-bond acceptors (Lipinski definition) is 5. The van der Waals surface area contributed by atoms with Gasteiger partial charge in [0.05, 0.1) is 5.69 Å². The Balaban J connectivity index is 1.45. The van der Waals surface area contributed by atoms with Crippen LogP contribution in [0, 0.1) is 0 Å². The number of benzene rings is 1. The average molecular weight is 467 g/mol. The lowest BCUT2D eigenvalue weighted by Crippen LogP contribution is -2.35. The summed E-state index contributed by atoms with van der Waals surface area (Å²) in [6.07, 6.45) is 4.21. The molecule has 2 aromatic heterocycles. The third kappa shape index (κ3) is 5.41. The molecule has 1 aliphatic rings. The van der Waals surface area contributed by atoms with Crippen LogP contribution in [0.15, 0.2) is 40.9 Å². The van der Waals surface area contributed by atoms with Crippen LogP contribution < -0.4 is 10.6 Å². The number of rotatable bonds is 4. The average Bonchev–Trinajstić information content (AvgIpc) is 3.35. The lowest BCUT2D eigenvalue weighted by molar-refractivity contribution is 0.0634. The van der Waals surface area contributed by atoms with E-state index in [-0.39, 0.29) is 11.8 Å². The molecule has 0 aliphatic carbocycles. The Labute approximate surface area is 198 Å². The first-order valence-corrected chi connectivity index (χ1v) is 11.4. The van der Waals surface area contributed by atoms with E-state index >= 15 is 0 Å². The second-order valence-electron chi connectivity index (χ2n) is 9.52. The maximum atomic E-state index is 12.9. The molecule has 1 saturated heterocycles. The molecule has 2 N–H and O–H groups in total. The van der Waals surface area contributed by atoms with Crippen molar-refractivity contribution in [1.82, 2.24) is 9.47 Å². The van der Waals surface area contributed by atoms with Crippen LogP contribution in [0.25, 0.3) is 11.0 Å². The summed E-state index contributed by atoms with van der Waals surface area (Å²) in [6.45, 7) is 6.83. The van der Waals surface area contributed by atoms with Crippen molar-refractivity contribution in [2.75, 3.05) is 23.7 Å². The Morgan fingerprint density at radius 1 is 0.971 bits per heavy atom. The normalized spacial score (nSPS) is 14.2. The number of likely N-dealkylation sites (tertiary alicyclic amines) is 1. The lowest BCUT2D eigenvalue weighted by Gasteiger charge is -2.25. The van der Waals surface area contributed by atoms with Gasteiger partial charge in [0.1, 0.15) is 16.9 Å². The zero-order chi connectivity index (χ0) is 24.5. The molecule has 1 fully saturated rings. The molecule has 9 nitrogen and oxygen atoms in total. The molecule has 0 saturated carbocycles. The van der Waals surface area contributed by atoms with Gasteiger partial charge in [-0.05, 0) is 70.4 Å². The summed E-state index contributed by atoms with van der Waals surface area (Å²) in [4.78, 5) is 39.4. The summed E-state index contributed by atoms with van der Waals surface area (Å²) in [5, 5.41) is 6.22. The van der Waals surface area contributed by atoms with Gasteiger partial charge in [-0.2, -0.15) is 0 Å². The third-order valence-corrected chi connectivity index (χ3v) is 5.51. The number of nitrogens with one attached hydrogen (secondary N) is 2. The molecule has 0 radical (unpaired) electrons. The van der Waals surface area contributed by atoms with Gasteiger partial charge in [0.2, 0.25) is 0 Å². The maximum Gasteiger partial charge on any atom is 0.412 e. The van der Waals surface area contributed by atoms with Gasteiger partial charge in [0, 0.05) is 37.4 Å². The van der Waals surface area contributed by atoms with Crippen LogP contribution in [0.3, 0.4) is 0 Å². The van der Waals surface area contributed by atoms with E-state index < -0.39 is 11.7 Å². The molecule has 34 heavy (non-hydrogen) atoms. The van der Waals surface area contributed by atoms with Gasteiger partial charge in [-0.3, -0.25) is 14.9 Å². The van der Waals surface area contributed by atoms with E-state index in [4.69, 9.17) is 9.15 Å². The summed E-state index contributed by atoms with van der Waals surface area (Å²) in [5.41, 5.74) is 1.34. The minimum absolute atomic E-state index is 0.102. The summed E-state index contributed by atoms with van der Waals surface area (Å²) in [7, 11) is 1.72. The molecule has 3 heterocycles. The Morgan fingerprint density at radius 2 is 1.71 bits per heavy atom. The van der Waals surface area contributed by atoms with Crippen molar-refractivity contribution in [3.8, 4) is 0 Å². The number of piperidine rings is 1. The van der Waals surface area contributed by atoms with E-state index in [1.807, 2.05) is 4.90 Å². The van der Waals surface area contributed by atoms with Gasteiger partial charge >= 0.3 is 6.09 Å². The zero-order valence-electron chi connectivity index (χ0n) is 19.9. The van der Waals surface area contributed by atoms with Crippen molar-refractivity contribution in [1.29, 1.82) is 0 Å². The lowest BCUT2D eigenvalue weighted by atomic mass is 10.1. The molecule has 1 aromatic carbocycles. The minimum atomic E-state index is -0.622. The fourth-order valence-corrected chi connectivity index (χ4v) is 3.95. The molecule has 0 bridgehead atoms. The van der Waals surface area contributed by atoms with Crippen molar-refractivity contribution in [3.63, 3.8) is 0 Å². The van der Waals surface area contributed by atoms with Crippen molar-refractivity contribution < 1.29 is 23.5 Å². The highest BCUT2D eigenvalue weighted by Crippen LogP contribution is 2.25. The molecule has 4 rings (SSSR count). The van der Waals surface area contributed by atoms with Crippen LogP contribution in [0.4, 0.5) is 16.2 Å². The number of ether oxygens (including phenoxy) is 1. The topological polar surface area (TPSA) is 106 Å². The fraction of sp³-hybridized carbons (Fsp3) is 0.400. The van der Waals surface area contributed by atoms with E-state index in [0.29, 0.717) is 28.4 Å². The van der Waals surface area contributed by atoms with Gasteiger partial charge in [-0.25, -0.2) is 4.79 Å². The van der Waals surface area contributed by atoms with Crippen molar-refractivity contribution in [2.24, 2.45) is 7.05 Å². The number of carbonyl (C=O) groups is 3. The van der Waals surface area contributed by atoms with E-state index in [1.54, 1.807) is 68.9 Å². The van der Waals surface area contributed by atoms with Crippen LogP contribution in [0.2, 0.25) is 0 Å². The van der Waals surface area contributed by atoms with Crippen LogP contribution in [-0.2, 0) is 11.8 Å². The number of amides is 3. The number of nitrogens with zero attached hydrogens (tertiary/aromatic N) is 2. The first-order valence-electron chi connectivity index (χ1n) is 11.4. The van der Waals surface area contributed by atoms with Gasteiger partial charge in [-0.1, -0.05) is 0 Å². The molecule has 3 amide bonds. The van der Waals surface area contributed by atoms with E-state index in [9.17, 15) is 14.4 Å². The SMILES string of the molecule is Cn1cc(NC(=O)OC(C)(C)C)cc1C(=O)Nc1ccc2oc(C(=O)N3CCCCC3)cc2c1. The van der Waals surface area contributed by atoms with Gasteiger partial charge < -0.3 is 23.9 Å². The number of hydrogen-bond donors (Lipinski definition) is 2. The Hall–Kier alpha value is -3.75. The van der Waals surface area contributed by atoms with E-state index in [0.717, 1.165) is 37.7 Å². The molecule has 1 aliphatic heterocycles. The maximum absolute atomic E-state index is 12.9. The van der Waals surface area contributed by atoms with Crippen molar-refractivity contribution >= 4 is 40.3 Å². The first-order chi connectivity index (χ1) is 16.1. The second kappa shape index (κ2) is 9.24. The minimum Gasteiger partial charge on any atom is -0.451 e.